The van der Waals surface area contributed by atoms with Crippen LogP contribution in [0.25, 0.3) is 0 Å². The average molecular weight is 254 g/mol. The van der Waals surface area contributed by atoms with E-state index < -0.39 is 0 Å². The zero-order valence-electron chi connectivity index (χ0n) is 8.56. The molecule has 0 radical (unpaired) electrons. The van der Waals surface area contributed by atoms with Crippen LogP contribution in [-0.4, -0.2) is 17.0 Å². The normalized spacial score (nSPS) is 10.2. The van der Waals surface area contributed by atoms with Crippen molar-refractivity contribution in [3.05, 3.63) is 46.7 Å². The molecule has 0 unspecified atom stereocenters. The third kappa shape index (κ3) is 2.43. The molecule has 0 spiro atoms. The maximum Gasteiger partial charge on any atom is 0.229 e. The molecular weight excluding hydrogens is 245 g/mol. The van der Waals surface area contributed by atoms with Gasteiger partial charge < -0.3 is 4.90 Å². The van der Waals surface area contributed by atoms with E-state index in [1.165, 1.54) is 0 Å². The molecule has 0 atom stereocenters. The van der Waals surface area contributed by atoms with Gasteiger partial charge in [0, 0.05) is 35.2 Å². The monoisotopic (exact) mass is 253 g/mol. The van der Waals surface area contributed by atoms with Gasteiger partial charge in [-0.15, -0.1) is 0 Å². The summed E-state index contributed by atoms with van der Waals surface area (Å²) in [6.07, 6.45) is 3.37. The van der Waals surface area contributed by atoms with Crippen LogP contribution in [0.1, 0.15) is 0 Å². The molecule has 0 saturated carbocycles. The van der Waals surface area contributed by atoms with E-state index in [9.17, 15) is 0 Å². The Morgan fingerprint density at radius 1 is 1.00 bits per heavy atom. The largest absolute Gasteiger partial charge is 0.314 e. The summed E-state index contributed by atoms with van der Waals surface area (Å²) in [5, 5.41) is 1.18. The third-order valence-electron chi connectivity index (χ3n) is 2.09. The fourth-order valence-corrected chi connectivity index (χ4v) is 1.83. The standard InChI is InChI=1S/C11H9Cl2N3/c1-16(11-14-3-2-4-15-11)10-6-8(12)5-9(13)7-10/h2-7H,1H3. The molecule has 0 bridgehead atoms. The minimum Gasteiger partial charge on any atom is -0.314 e. The van der Waals surface area contributed by atoms with Crippen LogP contribution in [0, 0.1) is 0 Å². The minimum atomic E-state index is 0.588. The summed E-state index contributed by atoms with van der Waals surface area (Å²) in [5.41, 5.74) is 0.851. The van der Waals surface area contributed by atoms with Crippen molar-refractivity contribution in [1.29, 1.82) is 0 Å². The second-order valence-electron chi connectivity index (χ2n) is 3.24. The molecule has 0 saturated heterocycles. The molecule has 1 aromatic carbocycles. The lowest BCUT2D eigenvalue weighted by Crippen LogP contribution is -2.12. The van der Waals surface area contributed by atoms with E-state index >= 15 is 0 Å². The molecule has 5 heteroatoms. The van der Waals surface area contributed by atoms with Gasteiger partial charge in [-0.1, -0.05) is 23.2 Å². The van der Waals surface area contributed by atoms with Crippen LogP contribution < -0.4 is 4.90 Å². The molecule has 0 amide bonds. The Balaban J connectivity index is 2.37. The second kappa shape index (κ2) is 4.68. The van der Waals surface area contributed by atoms with Gasteiger partial charge in [-0.2, -0.15) is 0 Å². The minimum absolute atomic E-state index is 0.588. The first-order chi connectivity index (χ1) is 7.66. The summed E-state index contributed by atoms with van der Waals surface area (Å²) in [4.78, 5) is 10.1. The summed E-state index contributed by atoms with van der Waals surface area (Å²) < 4.78 is 0. The van der Waals surface area contributed by atoms with Crippen molar-refractivity contribution in [1.82, 2.24) is 9.97 Å². The highest BCUT2D eigenvalue weighted by molar-refractivity contribution is 6.35. The quantitative estimate of drug-likeness (QED) is 0.820. The van der Waals surface area contributed by atoms with Crippen molar-refractivity contribution in [3.63, 3.8) is 0 Å². The molecule has 0 N–H and O–H groups in total. The fourth-order valence-electron chi connectivity index (χ4n) is 1.31. The smallest absolute Gasteiger partial charge is 0.229 e. The topological polar surface area (TPSA) is 29.0 Å². The number of anilines is 2. The fraction of sp³-hybridized carbons (Fsp3) is 0.0909. The SMILES string of the molecule is CN(c1cc(Cl)cc(Cl)c1)c1ncccn1. The molecule has 1 aromatic heterocycles. The van der Waals surface area contributed by atoms with Crippen molar-refractivity contribution in [2.75, 3.05) is 11.9 Å². The third-order valence-corrected chi connectivity index (χ3v) is 2.52. The number of halogens is 2. The zero-order chi connectivity index (χ0) is 11.5. The van der Waals surface area contributed by atoms with Gasteiger partial charge in [0.15, 0.2) is 0 Å². The Labute approximate surface area is 104 Å². The summed E-state index contributed by atoms with van der Waals surface area (Å²) in [7, 11) is 1.86. The molecule has 0 aliphatic carbocycles. The zero-order valence-corrected chi connectivity index (χ0v) is 10.1. The lowest BCUT2D eigenvalue weighted by molar-refractivity contribution is 1.04. The van der Waals surface area contributed by atoms with E-state index in [4.69, 9.17) is 23.2 Å². The lowest BCUT2D eigenvalue weighted by Gasteiger charge is -2.17. The molecular formula is C11H9Cl2N3. The molecule has 0 fully saturated rings. The van der Waals surface area contributed by atoms with Gasteiger partial charge in [0.25, 0.3) is 0 Å². The van der Waals surface area contributed by atoms with Crippen LogP contribution in [0.2, 0.25) is 10.0 Å². The van der Waals surface area contributed by atoms with E-state index in [2.05, 4.69) is 9.97 Å². The number of aromatic nitrogens is 2. The molecule has 1 heterocycles. The maximum absolute atomic E-state index is 5.93. The van der Waals surface area contributed by atoms with Crippen LogP contribution in [0.5, 0.6) is 0 Å². The lowest BCUT2D eigenvalue weighted by atomic mass is 10.3. The molecule has 0 aliphatic heterocycles. The van der Waals surface area contributed by atoms with Crippen LogP contribution in [0.15, 0.2) is 36.7 Å². The highest BCUT2D eigenvalue weighted by Gasteiger charge is 2.07. The summed E-state index contributed by atoms with van der Waals surface area (Å²) in [6, 6.07) is 7.07. The Morgan fingerprint density at radius 2 is 1.56 bits per heavy atom. The highest BCUT2D eigenvalue weighted by atomic mass is 35.5. The van der Waals surface area contributed by atoms with Crippen molar-refractivity contribution < 1.29 is 0 Å². The van der Waals surface area contributed by atoms with E-state index in [-0.39, 0.29) is 0 Å². The molecule has 3 nitrogen and oxygen atoms in total. The molecule has 2 rings (SSSR count). The van der Waals surface area contributed by atoms with Gasteiger partial charge in [0.1, 0.15) is 0 Å². The van der Waals surface area contributed by atoms with Gasteiger partial charge in [0.2, 0.25) is 5.95 Å². The van der Waals surface area contributed by atoms with Crippen LogP contribution in [0.4, 0.5) is 11.6 Å². The number of hydrogen-bond donors (Lipinski definition) is 0. The molecule has 2 aromatic rings. The van der Waals surface area contributed by atoms with Crippen LogP contribution in [-0.2, 0) is 0 Å². The summed E-state index contributed by atoms with van der Waals surface area (Å²) in [5.74, 6) is 0.598. The van der Waals surface area contributed by atoms with E-state index in [1.807, 2.05) is 24.1 Å². The van der Waals surface area contributed by atoms with Crippen molar-refractivity contribution in [2.45, 2.75) is 0 Å². The van der Waals surface area contributed by atoms with Crippen molar-refractivity contribution >= 4 is 34.8 Å². The Morgan fingerprint density at radius 3 is 2.12 bits per heavy atom. The van der Waals surface area contributed by atoms with Gasteiger partial charge >= 0.3 is 0 Å². The summed E-state index contributed by atoms with van der Waals surface area (Å²) in [6.45, 7) is 0. The molecule has 0 aliphatic rings. The predicted molar refractivity (Wildman–Crippen MR) is 66.6 cm³/mol. The predicted octanol–water partition coefficient (Wildman–Crippen LogP) is 3.55. The summed E-state index contributed by atoms with van der Waals surface area (Å²) >= 11 is 11.9. The van der Waals surface area contributed by atoms with Crippen molar-refractivity contribution in [2.24, 2.45) is 0 Å². The Bertz CT molecular complexity index is 468. The van der Waals surface area contributed by atoms with Crippen LogP contribution in [0.3, 0.4) is 0 Å². The highest BCUT2D eigenvalue weighted by Crippen LogP contribution is 2.27. The van der Waals surface area contributed by atoms with Crippen molar-refractivity contribution in [3.8, 4) is 0 Å². The first-order valence-electron chi connectivity index (χ1n) is 4.63. The maximum atomic E-state index is 5.93. The number of rotatable bonds is 2. The molecule has 16 heavy (non-hydrogen) atoms. The first kappa shape index (κ1) is 11.2. The second-order valence-corrected chi connectivity index (χ2v) is 4.11. The van der Waals surface area contributed by atoms with Crippen LogP contribution >= 0.6 is 23.2 Å². The number of nitrogens with zero attached hydrogens (tertiary/aromatic N) is 3. The van der Waals surface area contributed by atoms with E-state index in [1.54, 1.807) is 24.5 Å². The van der Waals surface area contributed by atoms with Gasteiger partial charge in [-0.05, 0) is 24.3 Å². The van der Waals surface area contributed by atoms with E-state index in [0.29, 0.717) is 16.0 Å². The first-order valence-corrected chi connectivity index (χ1v) is 5.39. The van der Waals surface area contributed by atoms with Gasteiger partial charge in [-0.3, -0.25) is 0 Å². The Hall–Kier alpha value is -1.32. The van der Waals surface area contributed by atoms with Gasteiger partial charge in [0.05, 0.1) is 0 Å². The van der Waals surface area contributed by atoms with Gasteiger partial charge in [-0.25, -0.2) is 9.97 Å². The number of hydrogen-bond acceptors (Lipinski definition) is 3. The number of benzene rings is 1. The van der Waals surface area contributed by atoms with E-state index in [0.717, 1.165) is 5.69 Å². The molecule has 82 valence electrons. The Kier molecular flexibility index (Phi) is 3.27. The average Bonchev–Trinajstić information content (AvgIpc) is 2.28.